The van der Waals surface area contributed by atoms with Crippen LogP contribution in [0.4, 0.5) is 5.69 Å². The van der Waals surface area contributed by atoms with Crippen LogP contribution >= 0.6 is 0 Å². The van der Waals surface area contributed by atoms with E-state index in [9.17, 15) is 4.79 Å². The molecule has 0 saturated carbocycles. The fraction of sp³-hybridized carbons (Fsp3) is 0. The highest BCUT2D eigenvalue weighted by Crippen LogP contribution is 2.17. The molecule has 4 rings (SSSR count). The minimum absolute atomic E-state index is 0.225. The minimum atomic E-state index is -0.225. The van der Waals surface area contributed by atoms with Crippen LogP contribution < -0.4 is 5.32 Å². The van der Waals surface area contributed by atoms with Crippen molar-refractivity contribution >= 4 is 22.5 Å². The van der Waals surface area contributed by atoms with E-state index in [1.165, 1.54) is 0 Å². The van der Waals surface area contributed by atoms with Crippen molar-refractivity contribution in [3.8, 4) is 5.82 Å². The summed E-state index contributed by atoms with van der Waals surface area (Å²) in [5.74, 6) is 0.480. The number of anilines is 1. The first kappa shape index (κ1) is 14.1. The number of carbonyl (C=O) groups is 1. The summed E-state index contributed by atoms with van der Waals surface area (Å²) in [4.78, 5) is 24.9. The van der Waals surface area contributed by atoms with Gasteiger partial charge in [-0.1, -0.05) is 18.2 Å². The fourth-order valence-corrected chi connectivity index (χ4v) is 2.41. The second-order valence-electron chi connectivity index (χ2n) is 5.25. The average Bonchev–Trinajstić information content (AvgIpc) is 3.16. The first-order valence-electron chi connectivity index (χ1n) is 7.40. The van der Waals surface area contributed by atoms with Gasteiger partial charge in [0.05, 0.1) is 23.0 Å². The number of fused-ring (bicyclic) bond motifs is 1. The zero-order valence-electron chi connectivity index (χ0n) is 12.6. The Hall–Kier alpha value is -3.54. The highest BCUT2D eigenvalue weighted by Gasteiger charge is 2.08. The van der Waals surface area contributed by atoms with Crippen LogP contribution in [0.15, 0.2) is 73.6 Å². The van der Waals surface area contributed by atoms with E-state index in [4.69, 9.17) is 0 Å². The molecule has 6 heteroatoms. The summed E-state index contributed by atoms with van der Waals surface area (Å²) in [7, 11) is 0. The summed E-state index contributed by atoms with van der Waals surface area (Å²) in [5, 5.41) is 3.82. The molecule has 0 unspecified atom stereocenters. The maximum absolute atomic E-state index is 12.3. The number of carbonyl (C=O) groups excluding carboxylic acids is 1. The van der Waals surface area contributed by atoms with E-state index < -0.39 is 0 Å². The van der Waals surface area contributed by atoms with Gasteiger partial charge in [-0.3, -0.25) is 14.3 Å². The van der Waals surface area contributed by atoms with E-state index in [1.807, 2.05) is 30.3 Å². The van der Waals surface area contributed by atoms with Gasteiger partial charge in [0.25, 0.3) is 5.91 Å². The van der Waals surface area contributed by atoms with E-state index in [0.717, 1.165) is 10.9 Å². The normalized spacial score (nSPS) is 10.7. The van der Waals surface area contributed by atoms with Gasteiger partial charge in [0.1, 0.15) is 12.1 Å². The van der Waals surface area contributed by atoms with Crippen molar-refractivity contribution in [2.45, 2.75) is 0 Å². The number of para-hydroxylation sites is 1. The Morgan fingerprint density at radius 2 is 1.96 bits per heavy atom. The van der Waals surface area contributed by atoms with Gasteiger partial charge in [-0.25, -0.2) is 9.97 Å². The maximum Gasteiger partial charge on any atom is 0.257 e. The summed E-state index contributed by atoms with van der Waals surface area (Å²) in [6, 6.07) is 13.2. The molecule has 1 N–H and O–H groups in total. The molecule has 0 radical (unpaired) electrons. The van der Waals surface area contributed by atoms with Crippen molar-refractivity contribution < 1.29 is 4.79 Å². The largest absolute Gasteiger partial charge is 0.321 e. The van der Waals surface area contributed by atoms with Gasteiger partial charge in [-0.05, 0) is 24.3 Å². The van der Waals surface area contributed by atoms with Crippen molar-refractivity contribution in [1.82, 2.24) is 19.5 Å². The fourth-order valence-electron chi connectivity index (χ4n) is 2.41. The molecule has 0 bridgehead atoms. The van der Waals surface area contributed by atoms with Crippen molar-refractivity contribution in [2.75, 3.05) is 5.32 Å². The molecular weight excluding hydrogens is 302 g/mol. The number of benzene rings is 1. The highest BCUT2D eigenvalue weighted by atomic mass is 16.1. The first-order chi connectivity index (χ1) is 11.8. The van der Waals surface area contributed by atoms with Gasteiger partial charge >= 0.3 is 0 Å². The summed E-state index contributed by atoms with van der Waals surface area (Å²) in [6.45, 7) is 0. The van der Waals surface area contributed by atoms with E-state index in [-0.39, 0.29) is 5.91 Å². The average molecular weight is 315 g/mol. The molecule has 0 spiro atoms. The molecule has 1 aromatic carbocycles. The predicted molar refractivity (Wildman–Crippen MR) is 91.1 cm³/mol. The molecule has 116 valence electrons. The summed E-state index contributed by atoms with van der Waals surface area (Å²) < 4.78 is 1.77. The minimum Gasteiger partial charge on any atom is -0.321 e. The molecule has 3 aromatic heterocycles. The number of nitrogens with zero attached hydrogens (tertiary/aromatic N) is 4. The molecule has 24 heavy (non-hydrogen) atoms. The molecule has 0 fully saturated rings. The van der Waals surface area contributed by atoms with Crippen LogP contribution in [0.2, 0.25) is 0 Å². The topological polar surface area (TPSA) is 72.7 Å². The van der Waals surface area contributed by atoms with E-state index in [0.29, 0.717) is 17.1 Å². The number of hydrogen-bond donors (Lipinski definition) is 1. The summed E-state index contributed by atoms with van der Waals surface area (Å²) >= 11 is 0. The van der Waals surface area contributed by atoms with E-state index in [1.54, 1.807) is 47.8 Å². The molecule has 0 aliphatic rings. The molecule has 6 nitrogen and oxygen atoms in total. The molecule has 0 aliphatic heterocycles. The summed E-state index contributed by atoms with van der Waals surface area (Å²) in [6.07, 6.45) is 8.31. The highest BCUT2D eigenvalue weighted by molar-refractivity contribution is 6.04. The van der Waals surface area contributed by atoms with Crippen LogP contribution in [0.5, 0.6) is 0 Å². The van der Waals surface area contributed by atoms with E-state index in [2.05, 4.69) is 20.3 Å². The van der Waals surface area contributed by atoms with Gasteiger partial charge in [-0.15, -0.1) is 0 Å². The number of aromatic nitrogens is 4. The molecule has 0 aliphatic carbocycles. The van der Waals surface area contributed by atoms with Crippen molar-refractivity contribution in [2.24, 2.45) is 0 Å². The first-order valence-corrected chi connectivity index (χ1v) is 7.40. The van der Waals surface area contributed by atoms with Crippen LogP contribution in [0, 0.1) is 0 Å². The molecule has 0 saturated heterocycles. The van der Waals surface area contributed by atoms with Crippen LogP contribution in [0.1, 0.15) is 10.4 Å². The van der Waals surface area contributed by atoms with Crippen LogP contribution in [-0.2, 0) is 0 Å². The van der Waals surface area contributed by atoms with Gasteiger partial charge in [0, 0.05) is 24.0 Å². The van der Waals surface area contributed by atoms with Gasteiger partial charge < -0.3 is 5.32 Å². The number of hydrogen-bond acceptors (Lipinski definition) is 4. The second kappa shape index (κ2) is 5.92. The van der Waals surface area contributed by atoms with Crippen LogP contribution in [0.25, 0.3) is 16.7 Å². The van der Waals surface area contributed by atoms with Crippen molar-refractivity contribution in [1.29, 1.82) is 0 Å². The number of imidazole rings is 1. The molecule has 0 atom stereocenters. The third kappa shape index (κ3) is 2.72. The molecule has 1 amide bonds. The molecule has 4 aromatic rings. The lowest BCUT2D eigenvalue weighted by molar-refractivity contribution is 0.102. The zero-order valence-corrected chi connectivity index (χ0v) is 12.6. The lowest BCUT2D eigenvalue weighted by Gasteiger charge is -2.07. The SMILES string of the molecule is O=C(Nc1cnc2ccccc2c1)c1ccc(-n2ccnc2)nc1. The Bertz CT molecular complexity index is 994. The van der Waals surface area contributed by atoms with Gasteiger partial charge in [0.15, 0.2) is 0 Å². The second-order valence-corrected chi connectivity index (χ2v) is 5.25. The Labute approximate surface area is 137 Å². The van der Waals surface area contributed by atoms with Gasteiger partial charge in [-0.2, -0.15) is 0 Å². The monoisotopic (exact) mass is 315 g/mol. The van der Waals surface area contributed by atoms with Gasteiger partial charge in [0.2, 0.25) is 0 Å². The van der Waals surface area contributed by atoms with E-state index >= 15 is 0 Å². The number of pyridine rings is 2. The Kier molecular flexibility index (Phi) is 3.47. The number of nitrogens with one attached hydrogen (secondary N) is 1. The number of amides is 1. The van der Waals surface area contributed by atoms with Crippen LogP contribution in [-0.4, -0.2) is 25.4 Å². The smallest absolute Gasteiger partial charge is 0.257 e. The number of rotatable bonds is 3. The standard InChI is InChI=1S/C18H13N5O/c24-18(14-5-6-17(21-10-14)23-8-7-19-12-23)22-15-9-13-3-1-2-4-16(13)20-11-15/h1-12H,(H,22,24). The summed E-state index contributed by atoms with van der Waals surface area (Å²) in [5.41, 5.74) is 2.02. The maximum atomic E-state index is 12.3. The predicted octanol–water partition coefficient (Wildman–Crippen LogP) is 3.07. The lowest BCUT2D eigenvalue weighted by Crippen LogP contribution is -2.12. The lowest BCUT2D eigenvalue weighted by atomic mass is 10.2. The molecule has 3 heterocycles. The third-order valence-electron chi connectivity index (χ3n) is 3.63. The Balaban J connectivity index is 1.54. The molecular formula is C18H13N5O. The van der Waals surface area contributed by atoms with Crippen molar-refractivity contribution in [3.05, 3.63) is 79.1 Å². The van der Waals surface area contributed by atoms with Crippen LogP contribution in [0.3, 0.4) is 0 Å². The third-order valence-corrected chi connectivity index (χ3v) is 3.63. The quantitative estimate of drug-likeness (QED) is 0.630. The Morgan fingerprint density at radius 1 is 1.04 bits per heavy atom. The zero-order chi connectivity index (χ0) is 16.4. The van der Waals surface area contributed by atoms with Crippen molar-refractivity contribution in [3.63, 3.8) is 0 Å². The Morgan fingerprint density at radius 3 is 2.75 bits per heavy atom.